The summed E-state index contributed by atoms with van der Waals surface area (Å²) in [5.74, 6) is 1.07. The molecule has 0 bridgehead atoms. The molecule has 2 nitrogen and oxygen atoms in total. The molecule has 0 aliphatic carbocycles. The topological polar surface area (TPSA) is 29.5 Å². The highest BCUT2D eigenvalue weighted by molar-refractivity contribution is 5.79. The van der Waals surface area contributed by atoms with Gasteiger partial charge in [0.1, 0.15) is 11.5 Å². The maximum Gasteiger partial charge on any atom is 0.128 e. The van der Waals surface area contributed by atoms with Crippen molar-refractivity contribution in [2.45, 2.75) is 55.4 Å². The Morgan fingerprint density at radius 2 is 0.960 bits per heavy atom. The molecule has 0 fully saturated rings. The molecule has 0 heterocycles. The first kappa shape index (κ1) is 19.1. The average Bonchev–Trinajstić information content (AvgIpc) is 2.59. The fraction of sp³-hybridized carbons (Fsp3) is 0.391. The zero-order valence-electron chi connectivity index (χ0n) is 17.0. The molecule has 0 aliphatic heterocycles. The normalized spacial score (nSPS) is 11.4. The second kappa shape index (κ2) is 6.95. The van der Waals surface area contributed by atoms with Gasteiger partial charge >= 0.3 is 0 Å². The van der Waals surface area contributed by atoms with E-state index in [4.69, 9.17) is 4.74 Å². The van der Waals surface area contributed by atoms with Crippen molar-refractivity contribution in [2.24, 2.45) is 0 Å². The third kappa shape index (κ3) is 3.06. The highest BCUT2D eigenvalue weighted by atomic mass is 16.5. The van der Waals surface area contributed by atoms with Crippen molar-refractivity contribution in [3.05, 3.63) is 55.6 Å². The maximum absolute atomic E-state index is 10.4. The van der Waals surface area contributed by atoms with E-state index in [0.29, 0.717) is 5.75 Å². The van der Waals surface area contributed by atoms with Gasteiger partial charge in [0.2, 0.25) is 0 Å². The number of hydrogen-bond acceptors (Lipinski definition) is 2. The molecule has 0 saturated heterocycles. The van der Waals surface area contributed by atoms with Gasteiger partial charge in [-0.25, -0.2) is 0 Å². The molecule has 0 atom stereocenters. The van der Waals surface area contributed by atoms with Crippen molar-refractivity contribution in [2.75, 3.05) is 7.11 Å². The highest BCUT2D eigenvalue weighted by Crippen LogP contribution is 2.38. The molecule has 2 heteroatoms. The Balaban J connectivity index is 2.68. The second-order valence-corrected chi connectivity index (χ2v) is 7.04. The van der Waals surface area contributed by atoms with Crippen LogP contribution in [0.2, 0.25) is 0 Å². The minimum atomic E-state index is 0.312. The summed E-state index contributed by atoms with van der Waals surface area (Å²) in [5, 5.41) is 10.4. The van der Waals surface area contributed by atoms with Gasteiger partial charge in [0.05, 0.1) is 7.11 Å². The van der Waals surface area contributed by atoms with Crippen molar-refractivity contribution < 1.29 is 9.84 Å². The van der Waals surface area contributed by atoms with E-state index in [-0.39, 0.29) is 0 Å². The lowest BCUT2D eigenvalue weighted by Crippen LogP contribution is -2.00. The van der Waals surface area contributed by atoms with Gasteiger partial charge in [-0.15, -0.1) is 0 Å². The van der Waals surface area contributed by atoms with Crippen LogP contribution in [-0.4, -0.2) is 12.2 Å². The fourth-order valence-electron chi connectivity index (χ4n) is 3.70. The molecule has 2 rings (SSSR count). The van der Waals surface area contributed by atoms with Crippen LogP contribution >= 0.6 is 0 Å². The summed E-state index contributed by atoms with van der Waals surface area (Å²) in [5.41, 5.74) is 11.7. The van der Waals surface area contributed by atoms with E-state index in [2.05, 4.69) is 46.8 Å². The Morgan fingerprint density at radius 3 is 1.40 bits per heavy atom. The van der Waals surface area contributed by atoms with Gasteiger partial charge in [0, 0.05) is 5.56 Å². The van der Waals surface area contributed by atoms with Crippen LogP contribution < -0.4 is 4.74 Å². The summed E-state index contributed by atoms with van der Waals surface area (Å²) in [6, 6.07) is 0. The Bertz CT molecular complexity index is 842. The number of hydrogen-bond donors (Lipinski definition) is 1. The third-order valence-electron chi connectivity index (χ3n) is 5.88. The molecule has 0 unspecified atom stereocenters. The lowest BCUT2D eigenvalue weighted by Gasteiger charge is -2.18. The van der Waals surface area contributed by atoms with Crippen LogP contribution in [-0.2, 0) is 0 Å². The Morgan fingerprint density at radius 1 is 0.560 bits per heavy atom. The Labute approximate surface area is 152 Å². The third-order valence-corrected chi connectivity index (χ3v) is 5.88. The molecule has 2 aromatic rings. The van der Waals surface area contributed by atoms with Crippen molar-refractivity contribution >= 4 is 12.2 Å². The van der Waals surface area contributed by atoms with Crippen LogP contribution in [0.25, 0.3) is 12.2 Å². The molecule has 0 amide bonds. The van der Waals surface area contributed by atoms with E-state index >= 15 is 0 Å². The Hall–Kier alpha value is -2.22. The standard InChI is InChI=1S/C23H30O2/c1-12-13(2)15(4)20(16(5)14(12)3)10-11-21-17(6)22(24)19(8)23(25-9)18(21)7/h10-11,24H,1-9H3/b11-10+. The van der Waals surface area contributed by atoms with Crippen LogP contribution in [0.5, 0.6) is 11.5 Å². The van der Waals surface area contributed by atoms with Gasteiger partial charge < -0.3 is 9.84 Å². The summed E-state index contributed by atoms with van der Waals surface area (Å²) in [4.78, 5) is 0. The van der Waals surface area contributed by atoms with Crippen LogP contribution in [0.3, 0.4) is 0 Å². The summed E-state index contributed by atoms with van der Waals surface area (Å²) < 4.78 is 5.51. The zero-order valence-corrected chi connectivity index (χ0v) is 17.0. The SMILES string of the molecule is COc1c(C)c(O)c(C)c(/C=C/c2c(C)c(C)c(C)c(C)c2C)c1C. The van der Waals surface area contributed by atoms with E-state index in [1.54, 1.807) is 7.11 Å². The number of aromatic hydroxyl groups is 1. The maximum atomic E-state index is 10.4. The van der Waals surface area contributed by atoms with E-state index < -0.39 is 0 Å². The van der Waals surface area contributed by atoms with Gasteiger partial charge in [-0.2, -0.15) is 0 Å². The van der Waals surface area contributed by atoms with Crippen LogP contribution in [0.15, 0.2) is 0 Å². The first-order chi connectivity index (χ1) is 11.6. The second-order valence-electron chi connectivity index (χ2n) is 7.04. The lowest BCUT2D eigenvalue weighted by atomic mass is 9.88. The summed E-state index contributed by atoms with van der Waals surface area (Å²) in [6.07, 6.45) is 4.28. The quantitative estimate of drug-likeness (QED) is 0.691. The first-order valence-corrected chi connectivity index (χ1v) is 8.75. The summed E-state index contributed by atoms with van der Waals surface area (Å²) in [6.45, 7) is 16.8. The molecule has 1 N–H and O–H groups in total. The van der Waals surface area contributed by atoms with Gasteiger partial charge in [-0.3, -0.25) is 0 Å². The summed E-state index contributed by atoms with van der Waals surface area (Å²) in [7, 11) is 1.65. The number of methoxy groups -OCH3 is 1. The van der Waals surface area contributed by atoms with Gasteiger partial charge in [0.15, 0.2) is 0 Å². The largest absolute Gasteiger partial charge is 0.507 e. The molecule has 0 aromatic heterocycles. The van der Waals surface area contributed by atoms with Crippen molar-refractivity contribution in [1.29, 1.82) is 0 Å². The van der Waals surface area contributed by atoms with Gasteiger partial charge in [-0.1, -0.05) is 12.2 Å². The zero-order chi connectivity index (χ0) is 19.0. The highest BCUT2D eigenvalue weighted by Gasteiger charge is 2.16. The summed E-state index contributed by atoms with van der Waals surface area (Å²) >= 11 is 0. The number of ether oxygens (including phenoxy) is 1. The molecule has 0 spiro atoms. The molecule has 0 aliphatic rings. The van der Waals surface area contributed by atoms with Crippen molar-refractivity contribution in [1.82, 2.24) is 0 Å². The van der Waals surface area contributed by atoms with Gasteiger partial charge in [-0.05, 0) is 105 Å². The molecule has 0 radical (unpaired) electrons. The molecule has 2 aromatic carbocycles. The van der Waals surface area contributed by atoms with Crippen molar-refractivity contribution in [3.63, 3.8) is 0 Å². The van der Waals surface area contributed by atoms with E-state index in [0.717, 1.165) is 28.0 Å². The molecular weight excluding hydrogens is 308 g/mol. The first-order valence-electron chi connectivity index (χ1n) is 8.75. The molecule has 25 heavy (non-hydrogen) atoms. The molecule has 0 saturated carbocycles. The number of benzene rings is 2. The minimum absolute atomic E-state index is 0.312. The van der Waals surface area contributed by atoms with Crippen molar-refractivity contribution in [3.8, 4) is 11.5 Å². The predicted octanol–water partition coefficient (Wildman–Crippen LogP) is 6.04. The monoisotopic (exact) mass is 338 g/mol. The number of phenols is 1. The number of rotatable bonds is 3. The number of phenolic OH excluding ortho intramolecular Hbond substituents is 1. The fourth-order valence-corrected chi connectivity index (χ4v) is 3.70. The average molecular weight is 338 g/mol. The lowest BCUT2D eigenvalue weighted by molar-refractivity contribution is 0.398. The van der Waals surface area contributed by atoms with E-state index in [1.165, 1.54) is 33.4 Å². The van der Waals surface area contributed by atoms with Crippen LogP contribution in [0, 0.1) is 55.4 Å². The van der Waals surface area contributed by atoms with E-state index in [9.17, 15) is 5.11 Å². The Kier molecular flexibility index (Phi) is 5.31. The smallest absolute Gasteiger partial charge is 0.128 e. The van der Waals surface area contributed by atoms with Crippen LogP contribution in [0.1, 0.15) is 55.6 Å². The minimum Gasteiger partial charge on any atom is -0.507 e. The van der Waals surface area contributed by atoms with Crippen LogP contribution in [0.4, 0.5) is 0 Å². The molecule has 134 valence electrons. The van der Waals surface area contributed by atoms with E-state index in [1.807, 2.05) is 20.8 Å². The molecular formula is C23H30O2. The van der Waals surface area contributed by atoms with Gasteiger partial charge in [0.25, 0.3) is 0 Å². The predicted molar refractivity (Wildman–Crippen MR) is 108 cm³/mol.